The minimum Gasteiger partial charge on any atom is -0.399 e. The number of urea groups is 1. The molecular formula is C18H32N4O. The number of hydrogen-bond acceptors (Lipinski definition) is 3. The fourth-order valence-electron chi connectivity index (χ4n) is 2.44. The van der Waals surface area contributed by atoms with Gasteiger partial charge in [-0.25, -0.2) is 4.79 Å². The number of benzene rings is 1. The molecule has 0 radical (unpaired) electrons. The van der Waals surface area contributed by atoms with Crippen molar-refractivity contribution >= 4 is 17.4 Å². The fourth-order valence-corrected chi connectivity index (χ4v) is 2.44. The van der Waals surface area contributed by atoms with Gasteiger partial charge in [-0.15, -0.1) is 0 Å². The van der Waals surface area contributed by atoms with Crippen LogP contribution in [0, 0.1) is 5.92 Å². The molecule has 0 heterocycles. The van der Waals surface area contributed by atoms with Crippen LogP contribution < -0.4 is 16.0 Å². The first kappa shape index (κ1) is 19.1. The van der Waals surface area contributed by atoms with Gasteiger partial charge < -0.3 is 20.9 Å². The number of nitrogens with zero attached hydrogens (tertiary/aromatic N) is 2. The van der Waals surface area contributed by atoms with E-state index in [-0.39, 0.29) is 18.1 Å². The van der Waals surface area contributed by atoms with Crippen molar-refractivity contribution in [1.29, 1.82) is 0 Å². The number of nitrogens with two attached hydrogens (primary N) is 1. The highest BCUT2D eigenvalue weighted by molar-refractivity contribution is 5.75. The zero-order chi connectivity index (χ0) is 17.7. The molecule has 0 fully saturated rings. The maximum absolute atomic E-state index is 12.6. The molecule has 0 aromatic heterocycles. The first-order chi connectivity index (χ1) is 10.6. The summed E-state index contributed by atoms with van der Waals surface area (Å²) in [6.45, 7) is 10.8. The average molecular weight is 320 g/mol. The number of carbonyl (C=O) groups excluding carboxylic acids is 1. The number of hydrogen-bond donors (Lipinski definition) is 2. The first-order valence-electron chi connectivity index (χ1n) is 8.26. The van der Waals surface area contributed by atoms with Crippen molar-refractivity contribution < 1.29 is 4.79 Å². The van der Waals surface area contributed by atoms with E-state index in [0.29, 0.717) is 18.2 Å². The Bertz CT molecular complexity index is 526. The van der Waals surface area contributed by atoms with Crippen LogP contribution in [0.4, 0.5) is 16.2 Å². The van der Waals surface area contributed by atoms with Crippen molar-refractivity contribution in [1.82, 2.24) is 10.2 Å². The maximum Gasteiger partial charge on any atom is 0.318 e. The fraction of sp³-hybridized carbons (Fsp3) is 0.611. The Balaban J connectivity index is 3.15. The number of amides is 2. The Labute approximate surface area is 140 Å². The average Bonchev–Trinajstić information content (AvgIpc) is 2.42. The third kappa shape index (κ3) is 5.34. The van der Waals surface area contributed by atoms with E-state index in [1.54, 1.807) is 0 Å². The molecule has 23 heavy (non-hydrogen) atoms. The normalized spacial score (nSPS) is 12.4. The molecule has 1 atom stereocenters. The van der Waals surface area contributed by atoms with E-state index in [0.717, 1.165) is 11.3 Å². The summed E-state index contributed by atoms with van der Waals surface area (Å²) in [6.07, 6.45) is 0. The van der Waals surface area contributed by atoms with E-state index in [1.165, 1.54) is 0 Å². The van der Waals surface area contributed by atoms with Crippen molar-refractivity contribution in [2.24, 2.45) is 5.92 Å². The van der Waals surface area contributed by atoms with Crippen molar-refractivity contribution in [3.8, 4) is 0 Å². The minimum absolute atomic E-state index is 0.0340. The largest absolute Gasteiger partial charge is 0.399 e. The van der Waals surface area contributed by atoms with E-state index in [1.807, 2.05) is 55.9 Å². The molecule has 1 unspecified atom stereocenters. The molecule has 1 rings (SSSR count). The van der Waals surface area contributed by atoms with Crippen molar-refractivity contribution in [2.45, 2.75) is 53.2 Å². The van der Waals surface area contributed by atoms with Gasteiger partial charge in [-0.2, -0.15) is 0 Å². The predicted molar refractivity (Wildman–Crippen MR) is 98.7 cm³/mol. The van der Waals surface area contributed by atoms with Crippen molar-refractivity contribution in [3.05, 3.63) is 23.8 Å². The SMILES string of the molecule is CC(C)NC(=O)N(Cc1cc(N)ccc1N(C)C)C(C)C(C)C. The molecule has 0 saturated carbocycles. The molecule has 1 aromatic rings. The first-order valence-corrected chi connectivity index (χ1v) is 8.26. The second-order valence-corrected chi connectivity index (χ2v) is 7.00. The highest BCUT2D eigenvalue weighted by Gasteiger charge is 2.24. The van der Waals surface area contributed by atoms with Gasteiger partial charge in [-0.1, -0.05) is 13.8 Å². The van der Waals surface area contributed by atoms with Gasteiger partial charge in [0.05, 0.1) is 0 Å². The molecule has 3 N–H and O–H groups in total. The summed E-state index contributed by atoms with van der Waals surface area (Å²) in [6, 6.07) is 6.06. The Morgan fingerprint density at radius 3 is 2.26 bits per heavy atom. The molecule has 0 aliphatic rings. The molecule has 5 heteroatoms. The maximum atomic E-state index is 12.6. The van der Waals surface area contributed by atoms with Crippen LogP contribution in [0.15, 0.2) is 18.2 Å². The lowest BCUT2D eigenvalue weighted by molar-refractivity contribution is 0.155. The topological polar surface area (TPSA) is 61.6 Å². The molecule has 0 aliphatic carbocycles. The van der Waals surface area contributed by atoms with Gasteiger partial charge in [0.1, 0.15) is 0 Å². The Morgan fingerprint density at radius 2 is 1.78 bits per heavy atom. The van der Waals surface area contributed by atoms with Gasteiger partial charge in [0.2, 0.25) is 0 Å². The minimum atomic E-state index is -0.0340. The second kappa shape index (κ2) is 8.09. The predicted octanol–water partition coefficient (Wildman–Crippen LogP) is 3.30. The Hall–Kier alpha value is -1.91. The molecule has 0 spiro atoms. The summed E-state index contributed by atoms with van der Waals surface area (Å²) in [7, 11) is 4.00. The monoisotopic (exact) mass is 320 g/mol. The highest BCUT2D eigenvalue weighted by Crippen LogP contribution is 2.25. The zero-order valence-electron chi connectivity index (χ0n) is 15.6. The second-order valence-electron chi connectivity index (χ2n) is 7.00. The molecular weight excluding hydrogens is 288 g/mol. The Kier molecular flexibility index (Phi) is 6.73. The molecule has 2 amide bonds. The standard InChI is InChI=1S/C18H32N4O/c1-12(2)14(5)22(18(23)20-13(3)4)11-15-10-16(19)8-9-17(15)21(6)7/h8-10,12-14H,11,19H2,1-7H3,(H,20,23). The van der Waals surface area contributed by atoms with Crippen molar-refractivity contribution in [3.63, 3.8) is 0 Å². The summed E-state index contributed by atoms with van der Waals surface area (Å²) in [5, 5.41) is 3.00. The van der Waals surface area contributed by atoms with E-state index in [2.05, 4.69) is 26.1 Å². The zero-order valence-corrected chi connectivity index (χ0v) is 15.6. The van der Waals surface area contributed by atoms with Crippen molar-refractivity contribution in [2.75, 3.05) is 24.7 Å². The summed E-state index contributed by atoms with van der Waals surface area (Å²) >= 11 is 0. The van der Waals surface area contributed by atoms with Gasteiger partial charge >= 0.3 is 6.03 Å². The summed E-state index contributed by atoms with van der Waals surface area (Å²) < 4.78 is 0. The van der Waals surface area contributed by atoms with Crippen LogP contribution in [0.5, 0.6) is 0 Å². The molecule has 0 bridgehead atoms. The van der Waals surface area contributed by atoms with E-state index in [4.69, 9.17) is 5.73 Å². The van der Waals surface area contributed by atoms with Gasteiger partial charge in [0, 0.05) is 44.1 Å². The molecule has 0 saturated heterocycles. The smallest absolute Gasteiger partial charge is 0.318 e. The van der Waals surface area contributed by atoms with Crippen LogP contribution >= 0.6 is 0 Å². The van der Waals surface area contributed by atoms with Crippen LogP contribution in [-0.2, 0) is 6.54 Å². The molecule has 0 aliphatic heterocycles. The number of anilines is 2. The highest BCUT2D eigenvalue weighted by atomic mass is 16.2. The lowest BCUT2D eigenvalue weighted by Crippen LogP contribution is -2.48. The van der Waals surface area contributed by atoms with Crippen LogP contribution in [0.3, 0.4) is 0 Å². The lowest BCUT2D eigenvalue weighted by Gasteiger charge is -2.34. The summed E-state index contributed by atoms with van der Waals surface area (Å²) in [4.78, 5) is 16.6. The number of nitrogens with one attached hydrogen (secondary N) is 1. The van der Waals surface area contributed by atoms with Gasteiger partial charge in [-0.05, 0) is 50.5 Å². The van der Waals surface area contributed by atoms with E-state index < -0.39 is 0 Å². The van der Waals surface area contributed by atoms with Crippen LogP contribution in [0.2, 0.25) is 0 Å². The van der Waals surface area contributed by atoms with Crippen LogP contribution in [0.1, 0.15) is 40.2 Å². The Morgan fingerprint density at radius 1 is 1.17 bits per heavy atom. The summed E-state index contributed by atoms with van der Waals surface area (Å²) in [5.74, 6) is 0.372. The van der Waals surface area contributed by atoms with Crippen LogP contribution in [-0.4, -0.2) is 37.1 Å². The van der Waals surface area contributed by atoms with Gasteiger partial charge in [0.25, 0.3) is 0 Å². The summed E-state index contributed by atoms with van der Waals surface area (Å²) in [5.41, 5.74) is 8.81. The quantitative estimate of drug-likeness (QED) is 0.791. The number of nitrogen functional groups attached to an aromatic ring is 1. The van der Waals surface area contributed by atoms with E-state index in [9.17, 15) is 4.79 Å². The number of rotatable bonds is 6. The van der Waals surface area contributed by atoms with Crippen LogP contribution in [0.25, 0.3) is 0 Å². The molecule has 5 nitrogen and oxygen atoms in total. The van der Waals surface area contributed by atoms with E-state index >= 15 is 0 Å². The number of carbonyl (C=O) groups is 1. The lowest BCUT2D eigenvalue weighted by atomic mass is 10.0. The molecule has 130 valence electrons. The van der Waals surface area contributed by atoms with Gasteiger partial charge in [-0.3, -0.25) is 0 Å². The third-order valence-corrected chi connectivity index (χ3v) is 4.06. The molecule has 1 aromatic carbocycles. The van der Waals surface area contributed by atoms with Gasteiger partial charge in [0.15, 0.2) is 0 Å². The third-order valence-electron chi connectivity index (χ3n) is 4.06.